The predicted octanol–water partition coefficient (Wildman–Crippen LogP) is 2.41. The van der Waals surface area contributed by atoms with Crippen molar-refractivity contribution < 1.29 is 0 Å². The number of halogens is 1. The summed E-state index contributed by atoms with van der Waals surface area (Å²) in [6.07, 6.45) is 1.80. The fourth-order valence-corrected chi connectivity index (χ4v) is 1.92. The molecular formula is C11H18BrN3. The van der Waals surface area contributed by atoms with Crippen LogP contribution in [-0.4, -0.2) is 23.6 Å². The van der Waals surface area contributed by atoms with Gasteiger partial charge in [-0.2, -0.15) is 0 Å². The van der Waals surface area contributed by atoms with Crippen LogP contribution in [0.15, 0.2) is 22.8 Å². The van der Waals surface area contributed by atoms with Gasteiger partial charge in [0.2, 0.25) is 0 Å². The van der Waals surface area contributed by atoms with Crippen molar-refractivity contribution in [3.05, 3.63) is 22.8 Å². The van der Waals surface area contributed by atoms with Crippen LogP contribution < -0.4 is 10.6 Å². The zero-order valence-corrected chi connectivity index (χ0v) is 11.0. The van der Waals surface area contributed by atoms with Gasteiger partial charge in [0.1, 0.15) is 5.82 Å². The summed E-state index contributed by atoms with van der Waals surface area (Å²) >= 11 is 3.51. The average molecular weight is 272 g/mol. The summed E-state index contributed by atoms with van der Waals surface area (Å²) in [7, 11) is 0. The van der Waals surface area contributed by atoms with Crippen LogP contribution >= 0.6 is 15.9 Å². The van der Waals surface area contributed by atoms with Gasteiger partial charge in [-0.1, -0.05) is 0 Å². The maximum absolute atomic E-state index is 5.83. The van der Waals surface area contributed by atoms with Crippen molar-refractivity contribution in [2.75, 3.05) is 11.4 Å². The Morgan fingerprint density at radius 2 is 2.13 bits per heavy atom. The Labute approximate surface area is 99.8 Å². The Bertz CT molecular complexity index is 312. The van der Waals surface area contributed by atoms with Crippen LogP contribution in [0.2, 0.25) is 0 Å². The van der Waals surface area contributed by atoms with E-state index in [9.17, 15) is 0 Å². The Morgan fingerprint density at radius 3 is 2.60 bits per heavy atom. The highest BCUT2D eigenvalue weighted by atomic mass is 79.9. The van der Waals surface area contributed by atoms with E-state index in [2.05, 4.69) is 39.7 Å². The van der Waals surface area contributed by atoms with Crippen LogP contribution in [-0.2, 0) is 0 Å². The van der Waals surface area contributed by atoms with Crippen molar-refractivity contribution in [2.24, 2.45) is 5.73 Å². The predicted molar refractivity (Wildman–Crippen MR) is 68.1 cm³/mol. The van der Waals surface area contributed by atoms with Crippen molar-refractivity contribution in [2.45, 2.75) is 32.9 Å². The maximum Gasteiger partial charge on any atom is 0.143 e. The van der Waals surface area contributed by atoms with E-state index in [1.54, 1.807) is 6.20 Å². The summed E-state index contributed by atoms with van der Waals surface area (Å²) in [5.41, 5.74) is 5.83. The number of pyridine rings is 1. The molecule has 1 aromatic heterocycles. The average Bonchev–Trinajstić information content (AvgIpc) is 2.15. The van der Waals surface area contributed by atoms with Gasteiger partial charge >= 0.3 is 0 Å². The third-order valence-corrected chi connectivity index (χ3v) is 2.74. The number of hydrogen-bond donors (Lipinski definition) is 1. The molecule has 0 radical (unpaired) electrons. The standard InChI is InChI=1S/C11H18BrN3/c1-8(2)15(7-9(3)13)11-10(12)5-4-6-14-11/h4-6,8-9H,7,13H2,1-3H3. The molecule has 3 nitrogen and oxygen atoms in total. The number of nitrogens with zero attached hydrogens (tertiary/aromatic N) is 2. The molecule has 15 heavy (non-hydrogen) atoms. The first-order chi connectivity index (χ1) is 7.02. The second-order valence-electron chi connectivity index (χ2n) is 4.03. The van der Waals surface area contributed by atoms with Gasteiger partial charge in [-0.25, -0.2) is 4.98 Å². The lowest BCUT2D eigenvalue weighted by Crippen LogP contribution is -2.40. The normalized spacial score (nSPS) is 12.9. The number of aromatic nitrogens is 1. The third kappa shape index (κ3) is 3.47. The second kappa shape index (κ2) is 5.47. The summed E-state index contributed by atoms with van der Waals surface area (Å²) < 4.78 is 1.01. The van der Waals surface area contributed by atoms with Gasteiger partial charge in [-0.05, 0) is 48.8 Å². The van der Waals surface area contributed by atoms with Crippen LogP contribution in [0.4, 0.5) is 5.82 Å². The van der Waals surface area contributed by atoms with Gasteiger partial charge in [-0.3, -0.25) is 0 Å². The van der Waals surface area contributed by atoms with Crippen molar-refractivity contribution >= 4 is 21.7 Å². The van der Waals surface area contributed by atoms with Crippen molar-refractivity contribution in [1.29, 1.82) is 0 Å². The van der Waals surface area contributed by atoms with E-state index in [1.807, 2.05) is 19.1 Å². The van der Waals surface area contributed by atoms with E-state index in [0.717, 1.165) is 16.8 Å². The third-order valence-electron chi connectivity index (χ3n) is 2.12. The molecule has 0 amide bonds. The Morgan fingerprint density at radius 1 is 1.47 bits per heavy atom. The molecule has 0 aliphatic rings. The fourth-order valence-electron chi connectivity index (χ4n) is 1.44. The Kier molecular flexibility index (Phi) is 4.54. The lowest BCUT2D eigenvalue weighted by Gasteiger charge is -2.30. The molecule has 0 bridgehead atoms. The molecule has 0 saturated carbocycles. The van der Waals surface area contributed by atoms with E-state index in [1.165, 1.54) is 0 Å². The maximum atomic E-state index is 5.83. The summed E-state index contributed by atoms with van der Waals surface area (Å²) in [4.78, 5) is 6.58. The fraction of sp³-hybridized carbons (Fsp3) is 0.545. The zero-order valence-electron chi connectivity index (χ0n) is 9.44. The number of hydrogen-bond acceptors (Lipinski definition) is 3. The molecule has 0 aliphatic carbocycles. The van der Waals surface area contributed by atoms with Gasteiger partial charge in [0, 0.05) is 24.8 Å². The SMILES string of the molecule is CC(N)CN(c1ncccc1Br)C(C)C. The van der Waals surface area contributed by atoms with E-state index in [-0.39, 0.29) is 6.04 Å². The molecule has 0 spiro atoms. The van der Waals surface area contributed by atoms with Gasteiger partial charge in [0.15, 0.2) is 0 Å². The van der Waals surface area contributed by atoms with Crippen LogP contribution in [0.5, 0.6) is 0 Å². The highest BCUT2D eigenvalue weighted by Crippen LogP contribution is 2.24. The van der Waals surface area contributed by atoms with Gasteiger partial charge in [-0.15, -0.1) is 0 Å². The van der Waals surface area contributed by atoms with Crippen molar-refractivity contribution in [3.8, 4) is 0 Å². The van der Waals surface area contributed by atoms with E-state index in [0.29, 0.717) is 6.04 Å². The molecule has 0 fully saturated rings. The molecule has 0 aromatic carbocycles. The largest absolute Gasteiger partial charge is 0.352 e. The summed E-state index contributed by atoms with van der Waals surface area (Å²) in [6, 6.07) is 4.44. The molecule has 2 N–H and O–H groups in total. The van der Waals surface area contributed by atoms with Gasteiger partial charge in [0.05, 0.1) is 4.47 Å². The van der Waals surface area contributed by atoms with Crippen molar-refractivity contribution in [3.63, 3.8) is 0 Å². The summed E-state index contributed by atoms with van der Waals surface area (Å²) in [5.74, 6) is 0.963. The summed E-state index contributed by atoms with van der Waals surface area (Å²) in [6.45, 7) is 7.10. The molecule has 1 unspecified atom stereocenters. The van der Waals surface area contributed by atoms with Crippen LogP contribution in [0.25, 0.3) is 0 Å². The second-order valence-corrected chi connectivity index (χ2v) is 4.89. The molecule has 4 heteroatoms. The highest BCUT2D eigenvalue weighted by molar-refractivity contribution is 9.10. The molecular weight excluding hydrogens is 254 g/mol. The van der Waals surface area contributed by atoms with E-state index >= 15 is 0 Å². The first kappa shape index (κ1) is 12.5. The first-order valence-corrected chi connectivity index (χ1v) is 5.94. The number of rotatable bonds is 4. The Hall–Kier alpha value is -0.610. The number of anilines is 1. The first-order valence-electron chi connectivity index (χ1n) is 5.15. The quantitative estimate of drug-likeness (QED) is 0.915. The van der Waals surface area contributed by atoms with Crippen LogP contribution in [0.1, 0.15) is 20.8 Å². The minimum atomic E-state index is 0.140. The van der Waals surface area contributed by atoms with Gasteiger partial charge < -0.3 is 10.6 Å². The molecule has 84 valence electrons. The molecule has 0 aliphatic heterocycles. The van der Waals surface area contributed by atoms with Crippen molar-refractivity contribution in [1.82, 2.24) is 4.98 Å². The summed E-state index contributed by atoms with van der Waals surface area (Å²) in [5, 5.41) is 0. The molecule has 1 aromatic rings. The van der Waals surface area contributed by atoms with Crippen LogP contribution in [0.3, 0.4) is 0 Å². The monoisotopic (exact) mass is 271 g/mol. The molecule has 1 heterocycles. The van der Waals surface area contributed by atoms with E-state index in [4.69, 9.17) is 5.73 Å². The number of nitrogens with two attached hydrogens (primary N) is 1. The zero-order chi connectivity index (χ0) is 11.4. The van der Waals surface area contributed by atoms with Crippen LogP contribution in [0, 0.1) is 0 Å². The topological polar surface area (TPSA) is 42.1 Å². The van der Waals surface area contributed by atoms with Gasteiger partial charge in [0.25, 0.3) is 0 Å². The minimum Gasteiger partial charge on any atom is -0.352 e. The smallest absolute Gasteiger partial charge is 0.143 e. The lowest BCUT2D eigenvalue weighted by molar-refractivity contribution is 0.612. The minimum absolute atomic E-state index is 0.140. The highest BCUT2D eigenvalue weighted by Gasteiger charge is 2.15. The lowest BCUT2D eigenvalue weighted by atomic mass is 10.2. The molecule has 0 saturated heterocycles. The molecule has 1 atom stereocenters. The Balaban J connectivity index is 2.94. The van der Waals surface area contributed by atoms with E-state index < -0.39 is 0 Å². The molecule has 1 rings (SSSR count).